The smallest absolute Gasteiger partial charge is 0.259 e. The minimum atomic E-state index is -0.148. The van der Waals surface area contributed by atoms with Gasteiger partial charge in [0.15, 0.2) is 0 Å². The Kier molecular flexibility index (Phi) is 4.63. The maximum Gasteiger partial charge on any atom is 0.259 e. The molecule has 0 fully saturated rings. The molecule has 0 spiro atoms. The van der Waals surface area contributed by atoms with Gasteiger partial charge in [0.05, 0.1) is 11.7 Å². The normalized spacial score (nSPS) is 13.8. The van der Waals surface area contributed by atoms with Crippen molar-refractivity contribution in [1.82, 2.24) is 5.32 Å². The molecular weight excluding hydrogens is 348 g/mol. The molecule has 0 radical (unpaired) electrons. The van der Waals surface area contributed by atoms with Crippen LogP contribution in [0.25, 0.3) is 10.8 Å². The number of carbonyl (C=O) groups is 2. The molecule has 142 valence electrons. The van der Waals surface area contributed by atoms with Gasteiger partial charge in [0.25, 0.3) is 5.91 Å². The highest BCUT2D eigenvalue weighted by Gasteiger charge is 2.31. The molecular formula is C24H24N2O2. The molecule has 1 aliphatic heterocycles. The van der Waals surface area contributed by atoms with E-state index in [0.29, 0.717) is 5.56 Å². The molecule has 0 aromatic heterocycles. The van der Waals surface area contributed by atoms with Crippen LogP contribution in [0.2, 0.25) is 0 Å². The minimum absolute atomic E-state index is 0.0219. The zero-order valence-corrected chi connectivity index (χ0v) is 16.5. The lowest BCUT2D eigenvalue weighted by atomic mass is 9.97. The average Bonchev–Trinajstić information content (AvgIpc) is 2.95. The average molecular weight is 372 g/mol. The van der Waals surface area contributed by atoms with Crippen molar-refractivity contribution in [3.63, 3.8) is 0 Å². The number of aryl methyl sites for hydroxylation is 2. The van der Waals surface area contributed by atoms with Gasteiger partial charge in [0.1, 0.15) is 6.54 Å². The first-order chi connectivity index (χ1) is 13.5. The molecule has 1 aliphatic rings. The highest BCUT2D eigenvalue weighted by molar-refractivity contribution is 6.26. The van der Waals surface area contributed by atoms with E-state index in [4.69, 9.17) is 0 Å². The molecule has 2 amide bonds. The number of anilines is 1. The van der Waals surface area contributed by atoms with Crippen LogP contribution < -0.4 is 10.2 Å². The van der Waals surface area contributed by atoms with Crippen molar-refractivity contribution >= 4 is 28.3 Å². The second-order valence-electron chi connectivity index (χ2n) is 7.46. The van der Waals surface area contributed by atoms with E-state index in [1.54, 1.807) is 4.90 Å². The molecule has 3 aromatic rings. The van der Waals surface area contributed by atoms with Crippen LogP contribution >= 0.6 is 0 Å². The monoisotopic (exact) mass is 372 g/mol. The van der Waals surface area contributed by atoms with Crippen LogP contribution in [0.15, 0.2) is 54.6 Å². The summed E-state index contributed by atoms with van der Waals surface area (Å²) >= 11 is 0. The molecule has 3 aromatic carbocycles. The SMILES string of the molecule is CC[C@H](NC(=O)CN1C(=O)c2cccc3cccc1c23)c1ccc(C)cc1C. The van der Waals surface area contributed by atoms with Crippen molar-refractivity contribution in [2.24, 2.45) is 0 Å². The van der Waals surface area contributed by atoms with Crippen molar-refractivity contribution < 1.29 is 9.59 Å². The third-order valence-corrected chi connectivity index (χ3v) is 5.49. The van der Waals surface area contributed by atoms with Crippen molar-refractivity contribution in [2.75, 3.05) is 11.4 Å². The van der Waals surface area contributed by atoms with E-state index in [-0.39, 0.29) is 24.4 Å². The van der Waals surface area contributed by atoms with Crippen molar-refractivity contribution in [1.29, 1.82) is 0 Å². The van der Waals surface area contributed by atoms with Gasteiger partial charge in [0.2, 0.25) is 5.91 Å². The van der Waals surface area contributed by atoms with Gasteiger partial charge in [-0.2, -0.15) is 0 Å². The number of nitrogens with zero attached hydrogens (tertiary/aromatic N) is 1. The Balaban J connectivity index is 1.56. The van der Waals surface area contributed by atoms with Gasteiger partial charge in [-0.1, -0.05) is 55.0 Å². The Bertz CT molecular complexity index is 1080. The fourth-order valence-electron chi connectivity index (χ4n) is 4.14. The van der Waals surface area contributed by atoms with Crippen LogP contribution in [-0.4, -0.2) is 18.4 Å². The summed E-state index contributed by atoms with van der Waals surface area (Å²) in [5.41, 5.74) is 4.98. The van der Waals surface area contributed by atoms with Gasteiger partial charge >= 0.3 is 0 Å². The Morgan fingerprint density at radius 3 is 2.54 bits per heavy atom. The first-order valence-electron chi connectivity index (χ1n) is 9.69. The van der Waals surface area contributed by atoms with Crippen molar-refractivity contribution in [2.45, 2.75) is 33.2 Å². The Morgan fingerprint density at radius 2 is 1.82 bits per heavy atom. The van der Waals surface area contributed by atoms with Crippen LogP contribution in [0.1, 0.15) is 46.4 Å². The van der Waals surface area contributed by atoms with Crippen molar-refractivity contribution in [3.8, 4) is 0 Å². The maximum absolute atomic E-state index is 12.9. The number of rotatable bonds is 5. The van der Waals surface area contributed by atoms with E-state index in [1.165, 1.54) is 11.1 Å². The van der Waals surface area contributed by atoms with Crippen LogP contribution in [0, 0.1) is 13.8 Å². The van der Waals surface area contributed by atoms with Crippen LogP contribution in [-0.2, 0) is 4.79 Å². The molecule has 1 heterocycles. The summed E-state index contributed by atoms with van der Waals surface area (Å²) in [5, 5.41) is 5.07. The van der Waals surface area contributed by atoms with Crippen LogP contribution in [0.3, 0.4) is 0 Å². The van der Waals surface area contributed by atoms with E-state index < -0.39 is 0 Å². The molecule has 4 nitrogen and oxygen atoms in total. The number of hydrogen-bond donors (Lipinski definition) is 1. The molecule has 1 N–H and O–H groups in total. The fourth-order valence-corrected chi connectivity index (χ4v) is 4.14. The zero-order chi connectivity index (χ0) is 19.8. The number of carbonyl (C=O) groups excluding carboxylic acids is 2. The zero-order valence-electron chi connectivity index (χ0n) is 16.5. The summed E-state index contributed by atoms with van der Waals surface area (Å²) in [6, 6.07) is 17.7. The second kappa shape index (κ2) is 7.12. The van der Waals surface area contributed by atoms with Crippen LogP contribution in [0.4, 0.5) is 5.69 Å². The molecule has 1 atom stereocenters. The molecule has 4 rings (SSSR count). The summed E-state index contributed by atoms with van der Waals surface area (Å²) in [4.78, 5) is 27.3. The minimum Gasteiger partial charge on any atom is -0.348 e. The van der Waals surface area contributed by atoms with Gasteiger partial charge in [0, 0.05) is 10.9 Å². The first-order valence-corrected chi connectivity index (χ1v) is 9.69. The fraction of sp³-hybridized carbons (Fsp3) is 0.250. The molecule has 28 heavy (non-hydrogen) atoms. The number of nitrogens with one attached hydrogen (secondary N) is 1. The third-order valence-electron chi connectivity index (χ3n) is 5.49. The predicted molar refractivity (Wildman–Crippen MR) is 113 cm³/mol. The maximum atomic E-state index is 12.9. The van der Waals surface area contributed by atoms with E-state index in [9.17, 15) is 9.59 Å². The van der Waals surface area contributed by atoms with Gasteiger partial charge in [-0.15, -0.1) is 0 Å². The second-order valence-corrected chi connectivity index (χ2v) is 7.46. The van der Waals surface area contributed by atoms with Crippen LogP contribution in [0.5, 0.6) is 0 Å². The molecule has 0 aliphatic carbocycles. The largest absolute Gasteiger partial charge is 0.348 e. The number of hydrogen-bond acceptors (Lipinski definition) is 2. The van der Waals surface area contributed by atoms with E-state index >= 15 is 0 Å². The van der Waals surface area contributed by atoms with Gasteiger partial charge in [-0.25, -0.2) is 0 Å². The lowest BCUT2D eigenvalue weighted by molar-refractivity contribution is -0.120. The summed E-state index contributed by atoms with van der Waals surface area (Å²) < 4.78 is 0. The van der Waals surface area contributed by atoms with Gasteiger partial charge in [-0.05, 0) is 48.9 Å². The third kappa shape index (κ3) is 3.05. The summed E-state index contributed by atoms with van der Waals surface area (Å²) in [5.74, 6) is -0.258. The summed E-state index contributed by atoms with van der Waals surface area (Å²) in [7, 11) is 0. The Morgan fingerprint density at radius 1 is 1.07 bits per heavy atom. The highest BCUT2D eigenvalue weighted by Crippen LogP contribution is 2.37. The lowest BCUT2D eigenvalue weighted by Crippen LogP contribution is -2.40. The van der Waals surface area contributed by atoms with E-state index in [0.717, 1.165) is 28.4 Å². The highest BCUT2D eigenvalue weighted by atomic mass is 16.2. The molecule has 4 heteroatoms. The van der Waals surface area contributed by atoms with E-state index in [1.807, 2.05) is 36.4 Å². The summed E-state index contributed by atoms with van der Waals surface area (Å²) in [6.45, 7) is 6.21. The molecule has 0 bridgehead atoms. The van der Waals surface area contributed by atoms with Crippen molar-refractivity contribution in [3.05, 3.63) is 76.9 Å². The Hall–Kier alpha value is -3.14. The molecule has 0 saturated heterocycles. The molecule has 0 unspecified atom stereocenters. The Labute approximate surface area is 165 Å². The van der Waals surface area contributed by atoms with Gasteiger partial charge < -0.3 is 5.32 Å². The predicted octanol–water partition coefficient (Wildman–Crippen LogP) is 4.68. The van der Waals surface area contributed by atoms with E-state index in [2.05, 4.69) is 44.3 Å². The first kappa shape index (κ1) is 18.2. The quantitative estimate of drug-likeness (QED) is 0.707. The lowest BCUT2D eigenvalue weighted by Gasteiger charge is -2.23. The standard InChI is InChI=1S/C24H24N2O2/c1-4-20(18-12-11-15(2)13-16(18)3)25-22(27)14-26-21-10-6-8-17-7-5-9-19(23(17)21)24(26)28/h5-13,20H,4,14H2,1-3H3,(H,25,27)/t20-/m0/s1. The number of benzene rings is 3. The number of amides is 2. The molecule has 0 saturated carbocycles. The van der Waals surface area contributed by atoms with Gasteiger partial charge in [-0.3, -0.25) is 14.5 Å². The topological polar surface area (TPSA) is 49.4 Å². The summed E-state index contributed by atoms with van der Waals surface area (Å²) in [6.07, 6.45) is 0.791.